The van der Waals surface area contributed by atoms with E-state index >= 15 is 0 Å². The molecule has 19 heavy (non-hydrogen) atoms. The van der Waals surface area contributed by atoms with Crippen molar-refractivity contribution in [2.75, 3.05) is 0 Å². The van der Waals surface area contributed by atoms with E-state index in [0.717, 1.165) is 12.1 Å². The first kappa shape index (κ1) is 13.2. The number of ether oxygens (including phenoxy) is 1. The van der Waals surface area contributed by atoms with Crippen molar-refractivity contribution < 1.29 is 18.3 Å². The summed E-state index contributed by atoms with van der Waals surface area (Å²) in [6.45, 7) is 1.53. The Hall–Kier alpha value is -2.23. The van der Waals surface area contributed by atoms with Crippen molar-refractivity contribution in [3.63, 3.8) is 0 Å². The zero-order chi connectivity index (χ0) is 13.8. The van der Waals surface area contributed by atoms with Gasteiger partial charge in [0.15, 0.2) is 6.10 Å². The standard InChI is InChI=1S/C15H12F2O2/c1-10(19-12-5-3-2-4-6-12)15(18)13-8-7-11(16)9-14(13)17/h2-10H,1H3. The fraction of sp³-hybridized carbons (Fsp3) is 0.133. The number of para-hydroxylation sites is 1. The number of rotatable bonds is 4. The van der Waals surface area contributed by atoms with Crippen molar-refractivity contribution in [1.82, 2.24) is 0 Å². The van der Waals surface area contributed by atoms with Crippen LogP contribution in [0.15, 0.2) is 48.5 Å². The summed E-state index contributed by atoms with van der Waals surface area (Å²) in [5.41, 5.74) is -0.176. The number of benzene rings is 2. The molecule has 0 saturated carbocycles. The maximum absolute atomic E-state index is 13.5. The highest BCUT2D eigenvalue weighted by Crippen LogP contribution is 2.16. The molecule has 0 aliphatic rings. The molecular weight excluding hydrogens is 250 g/mol. The molecule has 0 aliphatic heterocycles. The van der Waals surface area contributed by atoms with Gasteiger partial charge in [-0.1, -0.05) is 18.2 Å². The highest BCUT2D eigenvalue weighted by molar-refractivity contribution is 5.99. The summed E-state index contributed by atoms with van der Waals surface area (Å²) in [5, 5.41) is 0. The van der Waals surface area contributed by atoms with Crippen LogP contribution in [0.2, 0.25) is 0 Å². The van der Waals surface area contributed by atoms with E-state index in [2.05, 4.69) is 0 Å². The molecule has 0 fully saturated rings. The van der Waals surface area contributed by atoms with E-state index in [1.54, 1.807) is 24.3 Å². The lowest BCUT2D eigenvalue weighted by molar-refractivity contribution is 0.0813. The maximum atomic E-state index is 13.5. The lowest BCUT2D eigenvalue weighted by Gasteiger charge is -2.14. The fourth-order valence-electron chi connectivity index (χ4n) is 1.66. The van der Waals surface area contributed by atoms with Crippen molar-refractivity contribution >= 4 is 5.78 Å². The number of carbonyl (C=O) groups is 1. The first-order valence-corrected chi connectivity index (χ1v) is 5.79. The Balaban J connectivity index is 2.15. The van der Waals surface area contributed by atoms with Crippen LogP contribution < -0.4 is 4.74 Å². The summed E-state index contributed by atoms with van der Waals surface area (Å²) in [6, 6.07) is 11.6. The van der Waals surface area contributed by atoms with Gasteiger partial charge in [0.1, 0.15) is 17.4 Å². The molecular formula is C15H12F2O2. The third-order valence-corrected chi connectivity index (χ3v) is 2.62. The number of ketones is 1. The highest BCUT2D eigenvalue weighted by Gasteiger charge is 2.20. The summed E-state index contributed by atoms with van der Waals surface area (Å²) in [7, 11) is 0. The van der Waals surface area contributed by atoms with Crippen LogP contribution in [-0.4, -0.2) is 11.9 Å². The van der Waals surface area contributed by atoms with E-state index in [-0.39, 0.29) is 5.56 Å². The summed E-state index contributed by atoms with van der Waals surface area (Å²) >= 11 is 0. The normalized spacial score (nSPS) is 11.9. The third kappa shape index (κ3) is 3.16. The largest absolute Gasteiger partial charge is 0.483 e. The molecule has 0 N–H and O–H groups in total. The second-order valence-corrected chi connectivity index (χ2v) is 4.06. The van der Waals surface area contributed by atoms with Gasteiger partial charge in [-0.05, 0) is 31.2 Å². The van der Waals surface area contributed by atoms with Crippen LogP contribution in [0.4, 0.5) is 8.78 Å². The van der Waals surface area contributed by atoms with Crippen molar-refractivity contribution in [3.05, 3.63) is 65.7 Å². The van der Waals surface area contributed by atoms with Gasteiger partial charge in [0, 0.05) is 6.07 Å². The van der Waals surface area contributed by atoms with E-state index in [9.17, 15) is 13.6 Å². The SMILES string of the molecule is CC(Oc1ccccc1)C(=O)c1ccc(F)cc1F. The van der Waals surface area contributed by atoms with Crippen LogP contribution >= 0.6 is 0 Å². The molecule has 2 rings (SSSR count). The Morgan fingerprint density at radius 2 is 1.79 bits per heavy atom. The molecule has 0 spiro atoms. The van der Waals surface area contributed by atoms with Crippen molar-refractivity contribution in [2.45, 2.75) is 13.0 Å². The Labute approximate surface area is 109 Å². The summed E-state index contributed by atoms with van der Waals surface area (Å²) in [6.07, 6.45) is -0.845. The number of hydrogen-bond acceptors (Lipinski definition) is 2. The topological polar surface area (TPSA) is 26.3 Å². The van der Waals surface area contributed by atoms with Crippen LogP contribution in [-0.2, 0) is 0 Å². The number of hydrogen-bond donors (Lipinski definition) is 0. The molecule has 0 aromatic heterocycles. The molecule has 4 heteroatoms. The van der Waals surface area contributed by atoms with Gasteiger partial charge in [-0.2, -0.15) is 0 Å². The molecule has 0 saturated heterocycles. The minimum absolute atomic E-state index is 0.176. The average Bonchev–Trinajstić information content (AvgIpc) is 2.39. The Kier molecular flexibility index (Phi) is 3.90. The van der Waals surface area contributed by atoms with Gasteiger partial charge in [-0.3, -0.25) is 4.79 Å². The number of halogens is 2. The molecule has 1 unspecified atom stereocenters. The Morgan fingerprint density at radius 1 is 1.11 bits per heavy atom. The van der Waals surface area contributed by atoms with Gasteiger partial charge in [-0.25, -0.2) is 8.78 Å². The van der Waals surface area contributed by atoms with E-state index in [4.69, 9.17) is 4.74 Å². The number of carbonyl (C=O) groups excluding carboxylic acids is 1. The average molecular weight is 262 g/mol. The number of Topliss-reactive ketones (excluding diaryl/α,β-unsaturated/α-hetero) is 1. The molecule has 1 atom stereocenters. The summed E-state index contributed by atoms with van der Waals surface area (Å²) in [5.74, 6) is -1.61. The molecule has 2 aromatic carbocycles. The van der Waals surface area contributed by atoms with Crippen LogP contribution in [0.1, 0.15) is 17.3 Å². The zero-order valence-corrected chi connectivity index (χ0v) is 10.3. The molecule has 98 valence electrons. The van der Waals surface area contributed by atoms with Crippen molar-refractivity contribution in [3.8, 4) is 5.75 Å². The minimum Gasteiger partial charge on any atom is -0.483 e. The lowest BCUT2D eigenvalue weighted by Crippen LogP contribution is -2.24. The predicted octanol–water partition coefficient (Wildman–Crippen LogP) is 3.62. The molecule has 0 heterocycles. The predicted molar refractivity (Wildman–Crippen MR) is 67.2 cm³/mol. The molecule has 2 aromatic rings. The van der Waals surface area contributed by atoms with Gasteiger partial charge in [-0.15, -0.1) is 0 Å². The molecule has 2 nitrogen and oxygen atoms in total. The van der Waals surface area contributed by atoms with Crippen LogP contribution in [0, 0.1) is 11.6 Å². The van der Waals surface area contributed by atoms with Gasteiger partial charge < -0.3 is 4.74 Å². The van der Waals surface area contributed by atoms with E-state index < -0.39 is 23.5 Å². The quantitative estimate of drug-likeness (QED) is 0.787. The first-order valence-electron chi connectivity index (χ1n) is 5.79. The Bertz CT molecular complexity index is 582. The monoisotopic (exact) mass is 262 g/mol. The molecule has 0 bridgehead atoms. The second kappa shape index (κ2) is 5.61. The lowest BCUT2D eigenvalue weighted by atomic mass is 10.1. The third-order valence-electron chi connectivity index (χ3n) is 2.62. The fourth-order valence-corrected chi connectivity index (χ4v) is 1.66. The van der Waals surface area contributed by atoms with Crippen molar-refractivity contribution in [2.24, 2.45) is 0 Å². The summed E-state index contributed by atoms with van der Waals surface area (Å²) in [4.78, 5) is 12.0. The molecule has 0 radical (unpaired) electrons. The molecule has 0 aliphatic carbocycles. The second-order valence-electron chi connectivity index (χ2n) is 4.06. The van der Waals surface area contributed by atoms with Gasteiger partial charge in [0.05, 0.1) is 5.56 Å². The van der Waals surface area contributed by atoms with Gasteiger partial charge >= 0.3 is 0 Å². The zero-order valence-electron chi connectivity index (χ0n) is 10.3. The van der Waals surface area contributed by atoms with Gasteiger partial charge in [0.25, 0.3) is 0 Å². The van der Waals surface area contributed by atoms with Crippen LogP contribution in [0.25, 0.3) is 0 Å². The first-order chi connectivity index (χ1) is 9.08. The molecule has 0 amide bonds. The summed E-state index contributed by atoms with van der Waals surface area (Å²) < 4.78 is 31.7. The van der Waals surface area contributed by atoms with Crippen LogP contribution in [0.3, 0.4) is 0 Å². The van der Waals surface area contributed by atoms with E-state index in [1.165, 1.54) is 6.92 Å². The minimum atomic E-state index is -0.881. The van der Waals surface area contributed by atoms with Crippen molar-refractivity contribution in [1.29, 1.82) is 0 Å². The van der Waals surface area contributed by atoms with Crippen LogP contribution in [0.5, 0.6) is 5.75 Å². The smallest absolute Gasteiger partial charge is 0.205 e. The van der Waals surface area contributed by atoms with E-state index in [1.807, 2.05) is 6.07 Å². The maximum Gasteiger partial charge on any atom is 0.205 e. The Morgan fingerprint density at radius 3 is 2.42 bits per heavy atom. The van der Waals surface area contributed by atoms with Gasteiger partial charge in [0.2, 0.25) is 5.78 Å². The van der Waals surface area contributed by atoms with E-state index in [0.29, 0.717) is 11.8 Å². The highest BCUT2D eigenvalue weighted by atomic mass is 19.1.